The molecule has 6 nitrogen and oxygen atoms in total. The van der Waals surface area contributed by atoms with Crippen LogP contribution in [0.15, 0.2) is 30.5 Å². The second-order valence-electron chi connectivity index (χ2n) is 6.04. The lowest BCUT2D eigenvalue weighted by atomic mass is 9.92. The summed E-state index contributed by atoms with van der Waals surface area (Å²) in [5, 5.41) is 16.5. The monoisotopic (exact) mass is 363 g/mol. The zero-order valence-corrected chi connectivity index (χ0v) is 14.5. The van der Waals surface area contributed by atoms with Gasteiger partial charge in [0, 0.05) is 11.8 Å². The van der Waals surface area contributed by atoms with Crippen LogP contribution in [0.4, 0.5) is 4.39 Å². The highest BCUT2D eigenvalue weighted by molar-refractivity contribution is 7.99. The highest BCUT2D eigenvalue weighted by atomic mass is 32.2. The first-order chi connectivity index (χ1) is 11.9. The Morgan fingerprint density at radius 3 is 2.52 bits per heavy atom. The molecular formula is C17H18FN3O3S. The number of nitrogens with one attached hydrogen (secondary N) is 1. The Morgan fingerprint density at radius 1 is 1.28 bits per heavy atom. The molecule has 1 saturated heterocycles. The molecule has 0 radical (unpaired) electrons. The van der Waals surface area contributed by atoms with Gasteiger partial charge in [-0.2, -0.15) is 16.9 Å². The van der Waals surface area contributed by atoms with E-state index in [0.29, 0.717) is 35.6 Å². The summed E-state index contributed by atoms with van der Waals surface area (Å²) in [7, 11) is 0. The number of carbonyl (C=O) groups is 2. The first-order valence-corrected chi connectivity index (χ1v) is 9.03. The number of carbonyl (C=O) groups excluding carboxylic acids is 1. The first kappa shape index (κ1) is 17.5. The summed E-state index contributed by atoms with van der Waals surface area (Å²) in [6.07, 6.45) is 2.43. The third-order valence-electron chi connectivity index (χ3n) is 4.31. The summed E-state index contributed by atoms with van der Waals surface area (Å²) in [5.74, 6) is -0.501. The van der Waals surface area contributed by atoms with Gasteiger partial charge in [0.25, 0.3) is 5.91 Å². The van der Waals surface area contributed by atoms with E-state index in [1.165, 1.54) is 16.8 Å². The second kappa shape index (κ2) is 6.87. The maximum absolute atomic E-state index is 13.0. The molecule has 0 spiro atoms. The minimum Gasteiger partial charge on any atom is -0.480 e. The Balaban J connectivity index is 1.85. The molecule has 0 unspecified atom stereocenters. The summed E-state index contributed by atoms with van der Waals surface area (Å²) in [4.78, 5) is 24.3. The molecule has 0 saturated carbocycles. The summed E-state index contributed by atoms with van der Waals surface area (Å²) in [6, 6.07) is 5.73. The number of halogens is 1. The van der Waals surface area contributed by atoms with Gasteiger partial charge in [-0.15, -0.1) is 0 Å². The topological polar surface area (TPSA) is 84.2 Å². The Kier molecular flexibility index (Phi) is 4.80. The number of aliphatic carboxylic acids is 1. The van der Waals surface area contributed by atoms with Gasteiger partial charge in [0.2, 0.25) is 0 Å². The molecule has 2 aromatic rings. The molecule has 25 heavy (non-hydrogen) atoms. The number of thioether (sulfide) groups is 1. The Morgan fingerprint density at radius 2 is 1.92 bits per heavy atom. The predicted octanol–water partition coefficient (Wildman–Crippen LogP) is 2.40. The third kappa shape index (κ3) is 3.53. The Bertz CT molecular complexity index is 798. The van der Waals surface area contributed by atoms with E-state index in [1.54, 1.807) is 37.0 Å². The quantitative estimate of drug-likeness (QED) is 0.871. The van der Waals surface area contributed by atoms with Crippen LogP contribution in [0, 0.1) is 12.7 Å². The molecule has 8 heteroatoms. The number of aryl methyl sites for hydroxylation is 1. The van der Waals surface area contributed by atoms with Crippen molar-refractivity contribution in [2.45, 2.75) is 25.3 Å². The molecule has 2 N–H and O–H groups in total. The fraction of sp³-hybridized carbons (Fsp3) is 0.353. The van der Waals surface area contributed by atoms with Gasteiger partial charge in [0.05, 0.1) is 5.69 Å². The number of carboxylic acids is 1. The largest absolute Gasteiger partial charge is 0.480 e. The summed E-state index contributed by atoms with van der Waals surface area (Å²) < 4.78 is 14.5. The van der Waals surface area contributed by atoms with E-state index >= 15 is 0 Å². The van der Waals surface area contributed by atoms with E-state index in [1.807, 2.05) is 0 Å². The van der Waals surface area contributed by atoms with Gasteiger partial charge in [-0.1, -0.05) is 0 Å². The SMILES string of the molecule is Cc1cn(-c2ccc(F)cc2)nc1C(=O)NC1(C(=O)O)CCSCC1. The molecule has 1 aromatic heterocycles. The number of nitrogens with zero attached hydrogens (tertiary/aromatic N) is 2. The van der Waals surface area contributed by atoms with Crippen LogP contribution >= 0.6 is 11.8 Å². The molecule has 132 valence electrons. The van der Waals surface area contributed by atoms with Gasteiger partial charge in [0.1, 0.15) is 11.4 Å². The highest BCUT2D eigenvalue weighted by Gasteiger charge is 2.42. The Hall–Kier alpha value is -2.35. The lowest BCUT2D eigenvalue weighted by Gasteiger charge is -2.33. The van der Waals surface area contributed by atoms with Crippen molar-refractivity contribution in [1.29, 1.82) is 0 Å². The number of hydrogen-bond donors (Lipinski definition) is 2. The first-order valence-electron chi connectivity index (χ1n) is 7.87. The summed E-state index contributed by atoms with van der Waals surface area (Å²) in [5.41, 5.74) is 0.162. The number of rotatable bonds is 4. The van der Waals surface area contributed by atoms with Crippen molar-refractivity contribution in [3.8, 4) is 5.69 Å². The third-order valence-corrected chi connectivity index (χ3v) is 5.30. The number of hydrogen-bond acceptors (Lipinski definition) is 4. The van der Waals surface area contributed by atoms with Crippen LogP contribution < -0.4 is 5.32 Å². The van der Waals surface area contributed by atoms with Crippen molar-refractivity contribution >= 4 is 23.6 Å². The van der Waals surface area contributed by atoms with Gasteiger partial charge < -0.3 is 10.4 Å². The maximum atomic E-state index is 13.0. The second-order valence-corrected chi connectivity index (χ2v) is 7.26. The van der Waals surface area contributed by atoms with Crippen molar-refractivity contribution < 1.29 is 19.1 Å². The fourth-order valence-corrected chi connectivity index (χ4v) is 3.99. The minimum atomic E-state index is -1.24. The molecule has 1 aliphatic heterocycles. The van der Waals surface area contributed by atoms with Gasteiger partial charge >= 0.3 is 5.97 Å². The van der Waals surface area contributed by atoms with Crippen LogP contribution in [0.5, 0.6) is 0 Å². The van der Waals surface area contributed by atoms with Crippen LogP contribution in [0.3, 0.4) is 0 Å². The van der Waals surface area contributed by atoms with Gasteiger partial charge in [-0.05, 0) is 55.5 Å². The molecule has 1 amide bonds. The van der Waals surface area contributed by atoms with Crippen molar-refractivity contribution in [3.63, 3.8) is 0 Å². The fourth-order valence-electron chi connectivity index (χ4n) is 2.80. The van der Waals surface area contributed by atoms with E-state index in [-0.39, 0.29) is 11.5 Å². The van der Waals surface area contributed by atoms with E-state index < -0.39 is 17.4 Å². The lowest BCUT2D eigenvalue weighted by Crippen LogP contribution is -2.56. The maximum Gasteiger partial charge on any atom is 0.329 e. The number of amides is 1. The average Bonchev–Trinajstić information content (AvgIpc) is 2.98. The van der Waals surface area contributed by atoms with Crippen LogP contribution in [0.25, 0.3) is 5.69 Å². The molecular weight excluding hydrogens is 345 g/mol. The van der Waals surface area contributed by atoms with E-state index in [2.05, 4.69) is 10.4 Å². The van der Waals surface area contributed by atoms with Crippen LogP contribution in [-0.2, 0) is 4.79 Å². The van der Waals surface area contributed by atoms with Crippen molar-refractivity contribution in [2.75, 3.05) is 11.5 Å². The normalized spacial score (nSPS) is 16.4. The molecule has 2 heterocycles. The predicted molar refractivity (Wildman–Crippen MR) is 92.7 cm³/mol. The smallest absolute Gasteiger partial charge is 0.329 e. The molecule has 3 rings (SSSR count). The number of aromatic nitrogens is 2. The number of benzene rings is 1. The minimum absolute atomic E-state index is 0.170. The average molecular weight is 363 g/mol. The van der Waals surface area contributed by atoms with E-state index in [0.717, 1.165) is 0 Å². The summed E-state index contributed by atoms with van der Waals surface area (Å²) >= 11 is 1.68. The summed E-state index contributed by atoms with van der Waals surface area (Å²) in [6.45, 7) is 1.73. The molecule has 1 aromatic carbocycles. The molecule has 1 aliphatic rings. The molecule has 0 atom stereocenters. The standard InChI is InChI=1S/C17H18FN3O3S/c1-11-10-21(13-4-2-12(18)3-5-13)20-14(11)15(22)19-17(16(23)24)6-8-25-9-7-17/h2-5,10H,6-9H2,1H3,(H,19,22)(H,23,24). The van der Waals surface area contributed by atoms with Crippen LogP contribution in [0.2, 0.25) is 0 Å². The molecule has 0 bridgehead atoms. The van der Waals surface area contributed by atoms with Crippen molar-refractivity contribution in [2.24, 2.45) is 0 Å². The van der Waals surface area contributed by atoms with Crippen LogP contribution in [0.1, 0.15) is 28.9 Å². The van der Waals surface area contributed by atoms with Crippen molar-refractivity contribution in [3.05, 3.63) is 47.5 Å². The van der Waals surface area contributed by atoms with Gasteiger partial charge in [-0.25, -0.2) is 13.9 Å². The van der Waals surface area contributed by atoms with Gasteiger partial charge in [0.15, 0.2) is 5.69 Å². The van der Waals surface area contributed by atoms with Gasteiger partial charge in [-0.3, -0.25) is 4.79 Å². The Labute approximate surface area is 148 Å². The zero-order chi connectivity index (χ0) is 18.0. The van der Waals surface area contributed by atoms with E-state index in [9.17, 15) is 19.1 Å². The van der Waals surface area contributed by atoms with Crippen LogP contribution in [-0.4, -0.2) is 43.8 Å². The van der Waals surface area contributed by atoms with E-state index in [4.69, 9.17) is 0 Å². The lowest BCUT2D eigenvalue weighted by molar-refractivity contribution is -0.144. The number of carboxylic acid groups (broad SMARTS) is 1. The zero-order valence-electron chi connectivity index (χ0n) is 13.7. The molecule has 1 fully saturated rings. The molecule has 0 aliphatic carbocycles. The van der Waals surface area contributed by atoms with Crippen molar-refractivity contribution in [1.82, 2.24) is 15.1 Å². The highest BCUT2D eigenvalue weighted by Crippen LogP contribution is 2.28.